The molecule has 5 nitrogen and oxygen atoms in total. The fourth-order valence-corrected chi connectivity index (χ4v) is 3.68. The van der Waals surface area contributed by atoms with E-state index in [4.69, 9.17) is 11.6 Å². The van der Waals surface area contributed by atoms with Gasteiger partial charge in [0.1, 0.15) is 17.2 Å². The molecule has 0 aliphatic carbocycles. The third-order valence-corrected chi connectivity index (χ3v) is 5.18. The highest BCUT2D eigenvalue weighted by Crippen LogP contribution is 2.22. The summed E-state index contributed by atoms with van der Waals surface area (Å²) in [7, 11) is -2.92. The maximum absolute atomic E-state index is 11.6. The summed E-state index contributed by atoms with van der Waals surface area (Å²) < 4.78 is 23.1. The third-order valence-electron chi connectivity index (χ3n) is 2.63. The molecule has 0 aromatic carbocycles. The molecule has 1 fully saturated rings. The Morgan fingerprint density at radius 3 is 3.00 bits per heavy atom. The van der Waals surface area contributed by atoms with E-state index in [9.17, 15) is 8.42 Å². The summed E-state index contributed by atoms with van der Waals surface area (Å²) in [5, 5.41) is 3.03. The van der Waals surface area contributed by atoms with Crippen LogP contribution in [0, 0.1) is 0 Å². The highest BCUT2D eigenvalue weighted by molar-refractivity contribution is 7.92. The summed E-state index contributed by atoms with van der Waals surface area (Å²) in [5.41, 5.74) is 0. The molecule has 0 saturated carbocycles. The van der Waals surface area contributed by atoms with Gasteiger partial charge in [-0.3, -0.25) is 0 Å². The van der Waals surface area contributed by atoms with Crippen LogP contribution in [0.4, 0.5) is 5.82 Å². The Bertz CT molecular complexity index is 477. The molecule has 0 amide bonds. The smallest absolute Gasteiger partial charge is 0.154 e. The molecule has 1 N–H and O–H groups in total. The van der Waals surface area contributed by atoms with Gasteiger partial charge in [0, 0.05) is 6.54 Å². The van der Waals surface area contributed by atoms with E-state index in [1.165, 1.54) is 12.5 Å². The zero-order valence-electron chi connectivity index (χ0n) is 8.56. The van der Waals surface area contributed by atoms with Crippen LogP contribution in [-0.2, 0) is 9.84 Å². The molecule has 1 aliphatic rings. The van der Waals surface area contributed by atoms with Crippen LogP contribution in [0.25, 0.3) is 0 Å². The molecule has 7 heteroatoms. The minimum absolute atomic E-state index is 0.289. The number of anilines is 1. The fraction of sp³-hybridized carbons (Fsp3) is 0.556. The monoisotopic (exact) mass is 261 g/mol. The maximum Gasteiger partial charge on any atom is 0.154 e. The fourth-order valence-electron chi connectivity index (χ4n) is 1.74. The summed E-state index contributed by atoms with van der Waals surface area (Å²) in [6, 6.07) is 0. The number of nitrogens with zero attached hydrogens (tertiary/aromatic N) is 2. The zero-order valence-corrected chi connectivity index (χ0v) is 10.1. The summed E-state index contributed by atoms with van der Waals surface area (Å²) in [6.45, 7) is 0.360. The van der Waals surface area contributed by atoms with Crippen LogP contribution in [0.2, 0.25) is 5.02 Å². The van der Waals surface area contributed by atoms with Crippen molar-refractivity contribution in [2.24, 2.45) is 0 Å². The number of halogens is 1. The average molecular weight is 262 g/mol. The van der Waals surface area contributed by atoms with Crippen molar-refractivity contribution in [1.82, 2.24) is 9.97 Å². The van der Waals surface area contributed by atoms with Crippen LogP contribution in [0.1, 0.15) is 12.8 Å². The van der Waals surface area contributed by atoms with Gasteiger partial charge in [0.15, 0.2) is 9.84 Å². The quantitative estimate of drug-likeness (QED) is 0.883. The molecule has 1 unspecified atom stereocenters. The minimum Gasteiger partial charge on any atom is -0.367 e. The van der Waals surface area contributed by atoms with Crippen molar-refractivity contribution in [2.45, 2.75) is 18.1 Å². The molecule has 1 saturated heterocycles. The highest BCUT2D eigenvalue weighted by Gasteiger charge is 2.30. The Hall–Kier alpha value is -0.880. The van der Waals surface area contributed by atoms with Gasteiger partial charge in [0.2, 0.25) is 0 Å². The van der Waals surface area contributed by atoms with Gasteiger partial charge in [-0.05, 0) is 12.8 Å². The van der Waals surface area contributed by atoms with E-state index in [1.807, 2.05) is 0 Å². The molecule has 1 aromatic heterocycles. The first-order valence-corrected chi connectivity index (χ1v) is 7.10. The Morgan fingerprint density at radius 1 is 1.56 bits per heavy atom. The van der Waals surface area contributed by atoms with E-state index in [0.29, 0.717) is 23.8 Å². The lowest BCUT2D eigenvalue weighted by Gasteiger charge is -2.11. The van der Waals surface area contributed by atoms with Crippen LogP contribution in [0.5, 0.6) is 0 Å². The van der Waals surface area contributed by atoms with E-state index in [-0.39, 0.29) is 11.0 Å². The SMILES string of the molecule is O=S1(=O)CCCC1CNc1ncncc1Cl. The molecule has 88 valence electrons. The number of hydrogen-bond acceptors (Lipinski definition) is 5. The zero-order chi connectivity index (χ0) is 11.6. The van der Waals surface area contributed by atoms with Gasteiger partial charge < -0.3 is 5.32 Å². The van der Waals surface area contributed by atoms with Crippen molar-refractivity contribution in [3.05, 3.63) is 17.5 Å². The van der Waals surface area contributed by atoms with Gasteiger partial charge in [0.05, 0.1) is 17.2 Å². The Kier molecular flexibility index (Phi) is 3.30. The molecule has 0 radical (unpaired) electrons. The topological polar surface area (TPSA) is 72.0 Å². The molecule has 0 spiro atoms. The second-order valence-electron chi connectivity index (χ2n) is 3.73. The standard InChI is InChI=1S/C9H12ClN3O2S/c10-8-5-11-6-13-9(8)12-4-7-2-1-3-16(7,14)15/h5-7H,1-4H2,(H,11,12,13). The molecule has 1 atom stereocenters. The number of hydrogen-bond donors (Lipinski definition) is 1. The number of aromatic nitrogens is 2. The van der Waals surface area contributed by atoms with Crippen LogP contribution >= 0.6 is 11.6 Å². The predicted octanol–water partition coefficient (Wildman–Crippen LogP) is 1.12. The van der Waals surface area contributed by atoms with Gasteiger partial charge in [-0.15, -0.1) is 0 Å². The molecular weight excluding hydrogens is 250 g/mol. The van der Waals surface area contributed by atoms with Gasteiger partial charge in [-0.1, -0.05) is 11.6 Å². The first-order valence-electron chi connectivity index (χ1n) is 5.00. The average Bonchev–Trinajstić information content (AvgIpc) is 2.57. The normalized spacial score (nSPS) is 23.2. The number of sulfone groups is 1. The molecule has 16 heavy (non-hydrogen) atoms. The summed E-state index contributed by atoms with van der Waals surface area (Å²) in [4.78, 5) is 7.69. The van der Waals surface area contributed by atoms with Gasteiger partial charge >= 0.3 is 0 Å². The lowest BCUT2D eigenvalue weighted by atomic mass is 10.2. The third kappa shape index (κ3) is 2.44. The van der Waals surface area contributed by atoms with Crippen molar-refractivity contribution in [1.29, 1.82) is 0 Å². The summed E-state index contributed by atoms with van der Waals surface area (Å²) in [6.07, 6.45) is 4.29. The largest absolute Gasteiger partial charge is 0.367 e. The van der Waals surface area contributed by atoms with Crippen LogP contribution in [0.15, 0.2) is 12.5 Å². The van der Waals surface area contributed by atoms with Crippen LogP contribution in [0.3, 0.4) is 0 Å². The summed E-state index contributed by atoms with van der Waals surface area (Å²) in [5.74, 6) is 0.774. The van der Waals surface area contributed by atoms with Gasteiger partial charge in [-0.25, -0.2) is 18.4 Å². The first-order chi connectivity index (χ1) is 7.59. The predicted molar refractivity (Wildman–Crippen MR) is 62.3 cm³/mol. The lowest BCUT2D eigenvalue weighted by molar-refractivity contribution is 0.591. The Labute approximate surface area is 99.2 Å². The van der Waals surface area contributed by atoms with Crippen molar-refractivity contribution < 1.29 is 8.42 Å². The van der Waals surface area contributed by atoms with Crippen molar-refractivity contribution in [2.75, 3.05) is 17.6 Å². The minimum atomic E-state index is -2.92. The van der Waals surface area contributed by atoms with E-state index < -0.39 is 9.84 Å². The van der Waals surface area contributed by atoms with E-state index in [1.54, 1.807) is 0 Å². The van der Waals surface area contributed by atoms with Crippen molar-refractivity contribution in [3.8, 4) is 0 Å². The van der Waals surface area contributed by atoms with Crippen LogP contribution in [-0.4, -0.2) is 35.9 Å². The maximum atomic E-state index is 11.6. The Balaban J connectivity index is 2.01. The van der Waals surface area contributed by atoms with Crippen LogP contribution < -0.4 is 5.32 Å². The first kappa shape index (κ1) is 11.6. The van der Waals surface area contributed by atoms with E-state index in [0.717, 1.165) is 6.42 Å². The van der Waals surface area contributed by atoms with E-state index >= 15 is 0 Å². The number of nitrogens with one attached hydrogen (secondary N) is 1. The second kappa shape index (κ2) is 4.55. The Morgan fingerprint density at radius 2 is 2.38 bits per heavy atom. The van der Waals surface area contributed by atoms with Crippen molar-refractivity contribution >= 4 is 27.3 Å². The molecule has 2 rings (SSSR count). The molecular formula is C9H12ClN3O2S. The highest BCUT2D eigenvalue weighted by atomic mass is 35.5. The van der Waals surface area contributed by atoms with E-state index in [2.05, 4.69) is 15.3 Å². The molecule has 2 heterocycles. The van der Waals surface area contributed by atoms with Gasteiger partial charge in [0.25, 0.3) is 0 Å². The summed E-state index contributed by atoms with van der Waals surface area (Å²) >= 11 is 5.84. The molecule has 1 aliphatic heterocycles. The van der Waals surface area contributed by atoms with Gasteiger partial charge in [-0.2, -0.15) is 0 Å². The number of rotatable bonds is 3. The lowest BCUT2D eigenvalue weighted by Crippen LogP contribution is -2.25. The molecule has 0 bridgehead atoms. The second-order valence-corrected chi connectivity index (χ2v) is 6.54. The molecule has 1 aromatic rings. The van der Waals surface area contributed by atoms with Crippen molar-refractivity contribution in [3.63, 3.8) is 0 Å².